The molecule has 0 bridgehead atoms. The highest BCUT2D eigenvalue weighted by molar-refractivity contribution is 9.10. The molecule has 0 radical (unpaired) electrons. The van der Waals surface area contributed by atoms with Gasteiger partial charge >= 0.3 is 0 Å². The SMILES string of the molecule is O=C(C=Cc1ccc(-c2cccc3ccccc23)cc1)c1ccc(-c2ccc(Br)cc2)cc1. The molecule has 0 amide bonds. The Balaban J connectivity index is 1.31. The van der Waals surface area contributed by atoms with Gasteiger partial charge in [0.15, 0.2) is 5.78 Å². The van der Waals surface area contributed by atoms with E-state index in [2.05, 4.69) is 94.8 Å². The third-order valence-electron chi connectivity index (χ3n) is 5.79. The Hall–Kier alpha value is -3.75. The van der Waals surface area contributed by atoms with E-state index in [9.17, 15) is 4.79 Å². The molecule has 5 aromatic carbocycles. The van der Waals surface area contributed by atoms with Crippen LogP contribution in [0.2, 0.25) is 0 Å². The Morgan fingerprint density at radius 3 is 1.94 bits per heavy atom. The van der Waals surface area contributed by atoms with Crippen LogP contribution in [0.25, 0.3) is 39.1 Å². The van der Waals surface area contributed by atoms with E-state index in [-0.39, 0.29) is 5.78 Å². The Bertz CT molecular complexity index is 1440. The fourth-order valence-electron chi connectivity index (χ4n) is 3.99. The predicted octanol–water partition coefficient (Wildman–Crippen LogP) is 8.83. The number of allylic oxidation sites excluding steroid dienone is 1. The molecule has 33 heavy (non-hydrogen) atoms. The van der Waals surface area contributed by atoms with Gasteiger partial charge in [0.25, 0.3) is 0 Å². The van der Waals surface area contributed by atoms with Crippen LogP contribution in [0.1, 0.15) is 15.9 Å². The number of rotatable bonds is 5. The van der Waals surface area contributed by atoms with Crippen molar-refractivity contribution in [3.05, 3.63) is 137 Å². The topological polar surface area (TPSA) is 17.1 Å². The minimum Gasteiger partial charge on any atom is -0.289 e. The Morgan fingerprint density at radius 1 is 0.606 bits per heavy atom. The highest BCUT2D eigenvalue weighted by atomic mass is 79.9. The zero-order valence-electron chi connectivity index (χ0n) is 17.9. The summed E-state index contributed by atoms with van der Waals surface area (Å²) in [4.78, 5) is 12.7. The highest BCUT2D eigenvalue weighted by Gasteiger charge is 2.05. The first-order chi connectivity index (χ1) is 16.2. The molecule has 0 fully saturated rings. The molecule has 0 aromatic heterocycles. The molecule has 158 valence electrons. The number of carbonyl (C=O) groups excluding carboxylic acids is 1. The van der Waals surface area contributed by atoms with E-state index < -0.39 is 0 Å². The Morgan fingerprint density at radius 2 is 1.21 bits per heavy atom. The first-order valence-corrected chi connectivity index (χ1v) is 11.6. The zero-order valence-corrected chi connectivity index (χ0v) is 19.5. The quantitative estimate of drug-likeness (QED) is 0.178. The lowest BCUT2D eigenvalue weighted by Crippen LogP contribution is -1.93. The van der Waals surface area contributed by atoms with Gasteiger partial charge in [0, 0.05) is 10.0 Å². The van der Waals surface area contributed by atoms with Gasteiger partial charge < -0.3 is 0 Å². The van der Waals surface area contributed by atoms with Crippen molar-refractivity contribution in [2.24, 2.45) is 0 Å². The molecule has 0 heterocycles. The van der Waals surface area contributed by atoms with Crippen molar-refractivity contribution in [3.63, 3.8) is 0 Å². The van der Waals surface area contributed by atoms with Crippen molar-refractivity contribution < 1.29 is 4.79 Å². The van der Waals surface area contributed by atoms with Crippen LogP contribution >= 0.6 is 15.9 Å². The molecule has 0 saturated heterocycles. The van der Waals surface area contributed by atoms with Gasteiger partial charge in [0.2, 0.25) is 0 Å². The van der Waals surface area contributed by atoms with Gasteiger partial charge in [-0.1, -0.05) is 125 Å². The first-order valence-electron chi connectivity index (χ1n) is 10.8. The molecule has 0 aliphatic carbocycles. The van der Waals surface area contributed by atoms with Gasteiger partial charge in [-0.25, -0.2) is 0 Å². The van der Waals surface area contributed by atoms with Gasteiger partial charge in [-0.2, -0.15) is 0 Å². The second kappa shape index (κ2) is 9.40. The largest absolute Gasteiger partial charge is 0.289 e. The lowest BCUT2D eigenvalue weighted by atomic mass is 9.97. The van der Waals surface area contributed by atoms with Crippen molar-refractivity contribution in [1.29, 1.82) is 0 Å². The number of ketones is 1. The lowest BCUT2D eigenvalue weighted by molar-refractivity contribution is 0.104. The van der Waals surface area contributed by atoms with Crippen molar-refractivity contribution in [3.8, 4) is 22.3 Å². The van der Waals surface area contributed by atoms with Crippen LogP contribution in [0.15, 0.2) is 126 Å². The standard InChI is InChI=1S/C31H21BrO/c32-28-19-17-24(18-20-28)23-13-15-27(16-14-23)31(33)21-10-22-8-11-26(12-9-22)30-7-3-5-25-4-1-2-6-29(25)30/h1-21H. The summed E-state index contributed by atoms with van der Waals surface area (Å²) in [5, 5.41) is 2.47. The van der Waals surface area contributed by atoms with Crippen LogP contribution in [0.4, 0.5) is 0 Å². The average molecular weight is 489 g/mol. The molecule has 2 heteroatoms. The van der Waals surface area contributed by atoms with E-state index >= 15 is 0 Å². The fourth-order valence-corrected chi connectivity index (χ4v) is 4.25. The first kappa shape index (κ1) is 21.1. The minimum absolute atomic E-state index is 0.00418. The van der Waals surface area contributed by atoms with Crippen molar-refractivity contribution in [2.75, 3.05) is 0 Å². The number of fused-ring (bicyclic) bond motifs is 1. The van der Waals surface area contributed by atoms with Gasteiger partial charge in [-0.15, -0.1) is 0 Å². The normalized spacial score (nSPS) is 11.2. The number of benzene rings is 5. The maximum Gasteiger partial charge on any atom is 0.185 e. The number of hydrogen-bond acceptors (Lipinski definition) is 1. The van der Waals surface area contributed by atoms with Crippen LogP contribution < -0.4 is 0 Å². The zero-order chi connectivity index (χ0) is 22.6. The van der Waals surface area contributed by atoms with E-state index in [0.717, 1.165) is 21.2 Å². The van der Waals surface area contributed by atoms with E-state index in [1.54, 1.807) is 6.08 Å². The third kappa shape index (κ3) is 4.72. The van der Waals surface area contributed by atoms with E-state index in [1.807, 2.05) is 42.5 Å². The van der Waals surface area contributed by atoms with E-state index in [1.165, 1.54) is 21.9 Å². The summed E-state index contributed by atoms with van der Waals surface area (Å²) in [6, 6.07) is 39.0. The summed E-state index contributed by atoms with van der Waals surface area (Å²) in [6.07, 6.45) is 3.51. The lowest BCUT2D eigenvalue weighted by Gasteiger charge is -2.07. The molecular weight excluding hydrogens is 468 g/mol. The molecule has 0 unspecified atom stereocenters. The molecule has 5 rings (SSSR count). The van der Waals surface area contributed by atoms with Crippen molar-refractivity contribution in [2.45, 2.75) is 0 Å². The Kier molecular flexibility index (Phi) is 6.01. The van der Waals surface area contributed by atoms with Crippen LogP contribution in [-0.2, 0) is 0 Å². The smallest absolute Gasteiger partial charge is 0.185 e. The minimum atomic E-state index is -0.00418. The van der Waals surface area contributed by atoms with E-state index in [4.69, 9.17) is 0 Å². The molecule has 1 nitrogen and oxygen atoms in total. The number of hydrogen-bond donors (Lipinski definition) is 0. The van der Waals surface area contributed by atoms with Gasteiger partial charge in [0.05, 0.1) is 0 Å². The summed E-state index contributed by atoms with van der Waals surface area (Å²) >= 11 is 3.46. The molecule has 0 aliphatic heterocycles. The Labute approximate surface area is 202 Å². The van der Waals surface area contributed by atoms with Crippen LogP contribution in [0, 0.1) is 0 Å². The molecule has 0 saturated carbocycles. The van der Waals surface area contributed by atoms with Crippen LogP contribution in [0.5, 0.6) is 0 Å². The molecule has 5 aromatic rings. The fraction of sp³-hybridized carbons (Fsp3) is 0. The molecule has 0 aliphatic rings. The van der Waals surface area contributed by atoms with Gasteiger partial charge in [-0.05, 0) is 56.8 Å². The van der Waals surface area contributed by atoms with Gasteiger partial charge in [-0.3, -0.25) is 4.79 Å². The summed E-state index contributed by atoms with van der Waals surface area (Å²) < 4.78 is 1.05. The van der Waals surface area contributed by atoms with Crippen molar-refractivity contribution >= 4 is 38.6 Å². The van der Waals surface area contributed by atoms with Crippen LogP contribution in [-0.4, -0.2) is 5.78 Å². The third-order valence-corrected chi connectivity index (χ3v) is 6.31. The van der Waals surface area contributed by atoms with Gasteiger partial charge in [0.1, 0.15) is 0 Å². The number of halogens is 1. The molecule has 0 atom stereocenters. The van der Waals surface area contributed by atoms with Crippen molar-refractivity contribution in [1.82, 2.24) is 0 Å². The summed E-state index contributed by atoms with van der Waals surface area (Å²) in [6.45, 7) is 0. The summed E-state index contributed by atoms with van der Waals surface area (Å²) in [5.74, 6) is -0.00418. The van der Waals surface area contributed by atoms with E-state index in [0.29, 0.717) is 5.56 Å². The maximum absolute atomic E-state index is 12.7. The molecule has 0 N–H and O–H groups in total. The highest BCUT2D eigenvalue weighted by Crippen LogP contribution is 2.29. The second-order valence-corrected chi connectivity index (χ2v) is 8.85. The second-order valence-electron chi connectivity index (χ2n) is 7.93. The monoisotopic (exact) mass is 488 g/mol. The predicted molar refractivity (Wildman–Crippen MR) is 142 cm³/mol. The summed E-state index contributed by atoms with van der Waals surface area (Å²) in [7, 11) is 0. The summed E-state index contributed by atoms with van der Waals surface area (Å²) in [5.41, 5.74) is 6.27. The number of carbonyl (C=O) groups is 1. The molecular formula is C31H21BrO. The average Bonchev–Trinajstić information content (AvgIpc) is 2.88. The molecule has 0 spiro atoms. The maximum atomic E-state index is 12.7. The van der Waals surface area contributed by atoms with Crippen LogP contribution in [0.3, 0.4) is 0 Å².